The van der Waals surface area contributed by atoms with Gasteiger partial charge in [-0.05, 0) is 32.6 Å². The lowest BCUT2D eigenvalue weighted by molar-refractivity contribution is -0.202. The molecule has 0 aliphatic rings. The highest BCUT2D eigenvalue weighted by molar-refractivity contribution is 7.86. The van der Waals surface area contributed by atoms with Crippen LogP contribution in [0, 0.1) is 6.92 Å². The van der Waals surface area contributed by atoms with Crippen LogP contribution in [0.2, 0.25) is 0 Å². The van der Waals surface area contributed by atoms with Gasteiger partial charge in [-0.15, -0.1) is 4.33 Å². The van der Waals surface area contributed by atoms with Gasteiger partial charge in [-0.2, -0.15) is 8.42 Å². The summed E-state index contributed by atoms with van der Waals surface area (Å²) in [6.07, 6.45) is 0. The summed E-state index contributed by atoms with van der Waals surface area (Å²) >= 11 is 0. The van der Waals surface area contributed by atoms with E-state index in [4.69, 9.17) is 0 Å². The number of hydrogen-bond donors (Lipinski definition) is 0. The number of benzene rings is 1. The lowest BCUT2D eigenvalue weighted by atomic mass is 10.2. The van der Waals surface area contributed by atoms with Gasteiger partial charge in [0.2, 0.25) is 0 Å². The Morgan fingerprint density at radius 3 is 2.47 bits per heavy atom. The van der Waals surface area contributed by atoms with E-state index in [2.05, 4.69) is 9.22 Å². The lowest BCUT2D eigenvalue weighted by Crippen LogP contribution is -2.19. The fraction of sp³-hybridized carbons (Fsp3) is 0.455. The molecule has 0 amide bonds. The Morgan fingerprint density at radius 2 is 1.88 bits per heavy atom. The second kappa shape index (κ2) is 6.11. The van der Waals surface area contributed by atoms with E-state index in [1.807, 2.05) is 19.0 Å². The zero-order chi connectivity index (χ0) is 12.9. The summed E-state index contributed by atoms with van der Waals surface area (Å²) in [6.45, 7) is 2.48. The second-order valence-electron chi connectivity index (χ2n) is 3.91. The minimum absolute atomic E-state index is 0.129. The first-order valence-corrected chi connectivity index (χ1v) is 6.61. The standard InChI is InChI=1S/C11H17NO4S/c1-10-6-4-5-7-11(10)17(13,14)16-15-9-8-12(2)3/h4-7H,8-9H2,1-3H3. The first kappa shape index (κ1) is 14.1. The molecule has 0 saturated carbocycles. The maximum atomic E-state index is 11.7. The molecule has 1 rings (SSSR count). The molecule has 0 atom stereocenters. The molecule has 0 aromatic heterocycles. The van der Waals surface area contributed by atoms with Gasteiger partial charge >= 0.3 is 10.1 Å². The summed E-state index contributed by atoms with van der Waals surface area (Å²) < 4.78 is 28.0. The van der Waals surface area contributed by atoms with E-state index < -0.39 is 10.1 Å². The SMILES string of the molecule is Cc1ccccc1S(=O)(=O)OOCCN(C)C. The van der Waals surface area contributed by atoms with Crippen LogP contribution < -0.4 is 0 Å². The predicted octanol–water partition coefficient (Wildman–Crippen LogP) is 1.19. The predicted molar refractivity (Wildman–Crippen MR) is 64.0 cm³/mol. The molecule has 0 heterocycles. The Bertz CT molecular complexity index is 456. The van der Waals surface area contributed by atoms with Crippen molar-refractivity contribution in [2.24, 2.45) is 0 Å². The number of hydrogen-bond acceptors (Lipinski definition) is 5. The smallest absolute Gasteiger partial charge is 0.307 e. The van der Waals surface area contributed by atoms with Crippen LogP contribution in [0.15, 0.2) is 29.2 Å². The monoisotopic (exact) mass is 259 g/mol. The van der Waals surface area contributed by atoms with E-state index in [1.165, 1.54) is 6.07 Å². The third kappa shape index (κ3) is 4.43. The van der Waals surface area contributed by atoms with Crippen molar-refractivity contribution in [2.45, 2.75) is 11.8 Å². The molecule has 96 valence electrons. The van der Waals surface area contributed by atoms with Crippen molar-refractivity contribution in [3.8, 4) is 0 Å². The van der Waals surface area contributed by atoms with Crippen molar-refractivity contribution >= 4 is 10.1 Å². The third-order valence-corrected chi connectivity index (χ3v) is 3.39. The first-order chi connectivity index (χ1) is 7.93. The molecule has 0 bridgehead atoms. The van der Waals surface area contributed by atoms with E-state index in [0.29, 0.717) is 12.1 Å². The zero-order valence-electron chi connectivity index (χ0n) is 10.2. The van der Waals surface area contributed by atoms with E-state index >= 15 is 0 Å². The summed E-state index contributed by atoms with van der Waals surface area (Å²) in [5.74, 6) is 0. The number of rotatable bonds is 6. The molecular formula is C11H17NO4S. The molecular weight excluding hydrogens is 242 g/mol. The second-order valence-corrected chi connectivity index (χ2v) is 5.40. The van der Waals surface area contributed by atoms with Crippen LogP contribution in [0.4, 0.5) is 0 Å². The molecule has 0 spiro atoms. The maximum Gasteiger partial charge on any atom is 0.323 e. The van der Waals surface area contributed by atoms with E-state index in [0.717, 1.165) is 0 Å². The van der Waals surface area contributed by atoms with Gasteiger partial charge < -0.3 is 4.90 Å². The summed E-state index contributed by atoms with van der Waals surface area (Å²) in [4.78, 5) is 6.68. The van der Waals surface area contributed by atoms with Gasteiger partial charge in [0.25, 0.3) is 0 Å². The molecule has 5 nitrogen and oxygen atoms in total. The number of likely N-dealkylation sites (N-methyl/N-ethyl adjacent to an activating group) is 1. The van der Waals surface area contributed by atoms with Crippen molar-refractivity contribution in [1.29, 1.82) is 0 Å². The van der Waals surface area contributed by atoms with Gasteiger partial charge in [0.1, 0.15) is 0 Å². The lowest BCUT2D eigenvalue weighted by Gasteiger charge is -2.10. The van der Waals surface area contributed by atoms with Crippen LogP contribution in [0.1, 0.15) is 5.56 Å². The fourth-order valence-corrected chi connectivity index (χ4v) is 2.17. The Balaban J connectivity index is 2.61. The van der Waals surface area contributed by atoms with E-state index in [-0.39, 0.29) is 11.5 Å². The largest absolute Gasteiger partial charge is 0.323 e. The molecule has 0 saturated heterocycles. The van der Waals surface area contributed by atoms with Crippen LogP contribution in [-0.4, -0.2) is 40.6 Å². The van der Waals surface area contributed by atoms with E-state index in [9.17, 15) is 8.42 Å². The van der Waals surface area contributed by atoms with Gasteiger partial charge in [0.15, 0.2) is 0 Å². The van der Waals surface area contributed by atoms with Crippen LogP contribution in [0.25, 0.3) is 0 Å². The van der Waals surface area contributed by atoms with Crippen molar-refractivity contribution < 1.29 is 17.6 Å². The molecule has 1 aromatic rings. The number of aryl methyl sites for hydroxylation is 1. The highest BCUT2D eigenvalue weighted by Gasteiger charge is 2.18. The molecule has 0 unspecified atom stereocenters. The molecule has 0 aliphatic carbocycles. The molecule has 0 fully saturated rings. The molecule has 1 aromatic carbocycles. The van der Waals surface area contributed by atoms with E-state index in [1.54, 1.807) is 25.1 Å². The average Bonchev–Trinajstić information content (AvgIpc) is 2.24. The van der Waals surface area contributed by atoms with Gasteiger partial charge in [0.05, 0.1) is 11.5 Å². The van der Waals surface area contributed by atoms with Gasteiger partial charge in [0, 0.05) is 6.54 Å². The Kier molecular flexibility index (Phi) is 5.07. The highest BCUT2D eigenvalue weighted by Crippen LogP contribution is 2.16. The summed E-state index contributed by atoms with van der Waals surface area (Å²) in [7, 11) is -0.109. The van der Waals surface area contributed by atoms with Gasteiger partial charge in [-0.25, -0.2) is 4.89 Å². The topological polar surface area (TPSA) is 55.8 Å². The molecule has 0 N–H and O–H groups in total. The van der Waals surface area contributed by atoms with Crippen LogP contribution in [0.5, 0.6) is 0 Å². The Hall–Kier alpha value is -0.950. The van der Waals surface area contributed by atoms with Crippen LogP contribution in [0.3, 0.4) is 0 Å². The molecule has 17 heavy (non-hydrogen) atoms. The average molecular weight is 259 g/mol. The summed E-state index contributed by atoms with van der Waals surface area (Å²) in [6, 6.07) is 6.60. The third-order valence-electron chi connectivity index (χ3n) is 2.12. The van der Waals surface area contributed by atoms with Gasteiger partial charge in [-0.3, -0.25) is 0 Å². The van der Waals surface area contributed by atoms with Crippen molar-refractivity contribution in [3.63, 3.8) is 0 Å². The first-order valence-electron chi connectivity index (χ1n) is 5.20. The van der Waals surface area contributed by atoms with Crippen molar-refractivity contribution in [3.05, 3.63) is 29.8 Å². The van der Waals surface area contributed by atoms with Crippen molar-refractivity contribution in [1.82, 2.24) is 4.90 Å². The minimum Gasteiger partial charge on any atom is -0.307 e. The fourth-order valence-electron chi connectivity index (χ4n) is 1.19. The van der Waals surface area contributed by atoms with Crippen LogP contribution in [-0.2, 0) is 19.3 Å². The number of nitrogens with zero attached hydrogens (tertiary/aromatic N) is 1. The quantitative estimate of drug-likeness (QED) is 0.436. The van der Waals surface area contributed by atoms with Crippen LogP contribution >= 0.6 is 0 Å². The molecule has 0 aliphatic heterocycles. The summed E-state index contributed by atoms with van der Waals surface area (Å²) in [5, 5.41) is 0. The van der Waals surface area contributed by atoms with Crippen molar-refractivity contribution in [2.75, 3.05) is 27.2 Å². The molecule has 6 heteroatoms. The van der Waals surface area contributed by atoms with Gasteiger partial charge in [-0.1, -0.05) is 18.2 Å². The maximum absolute atomic E-state index is 11.7. The normalized spacial score (nSPS) is 12.0. The highest BCUT2D eigenvalue weighted by atomic mass is 32.2. The Labute approximate surface area is 102 Å². The zero-order valence-corrected chi connectivity index (χ0v) is 11.0. The molecule has 0 radical (unpaired) electrons. The minimum atomic E-state index is -3.83. The Morgan fingerprint density at radius 1 is 1.24 bits per heavy atom. The summed E-state index contributed by atoms with van der Waals surface area (Å²) in [5.41, 5.74) is 0.628.